The lowest BCUT2D eigenvalue weighted by Gasteiger charge is -2.05. The third kappa shape index (κ3) is 3.90. The van der Waals surface area contributed by atoms with E-state index >= 15 is 0 Å². The SMILES string of the molecule is CCOCCS(=O)c1cc(C(=O)O)ccc1F. The molecule has 0 bridgehead atoms. The van der Waals surface area contributed by atoms with Crippen LogP contribution in [0.4, 0.5) is 4.39 Å². The summed E-state index contributed by atoms with van der Waals surface area (Å²) >= 11 is 0. The molecule has 0 saturated heterocycles. The molecular formula is C11H13FO4S. The molecule has 1 atom stereocenters. The van der Waals surface area contributed by atoms with Crippen molar-refractivity contribution in [1.29, 1.82) is 0 Å². The Morgan fingerprint density at radius 1 is 1.53 bits per heavy atom. The van der Waals surface area contributed by atoms with Crippen molar-refractivity contribution < 1.29 is 23.2 Å². The van der Waals surface area contributed by atoms with E-state index in [1.807, 2.05) is 0 Å². The molecule has 1 aromatic carbocycles. The monoisotopic (exact) mass is 260 g/mol. The molecule has 1 N–H and O–H groups in total. The molecule has 4 nitrogen and oxygen atoms in total. The molecule has 0 aliphatic heterocycles. The van der Waals surface area contributed by atoms with Gasteiger partial charge in [-0.1, -0.05) is 0 Å². The predicted molar refractivity (Wildman–Crippen MR) is 61.1 cm³/mol. The molecule has 0 heterocycles. The van der Waals surface area contributed by atoms with E-state index in [9.17, 15) is 13.4 Å². The van der Waals surface area contributed by atoms with Crippen molar-refractivity contribution in [1.82, 2.24) is 0 Å². The number of ether oxygens (including phenoxy) is 1. The van der Waals surface area contributed by atoms with E-state index in [1.165, 1.54) is 0 Å². The highest BCUT2D eigenvalue weighted by atomic mass is 32.2. The number of carboxylic acid groups (broad SMARTS) is 1. The molecule has 0 radical (unpaired) electrons. The summed E-state index contributed by atoms with van der Waals surface area (Å²) in [6.45, 7) is 2.54. The van der Waals surface area contributed by atoms with Gasteiger partial charge in [-0.05, 0) is 25.1 Å². The van der Waals surface area contributed by atoms with Crippen LogP contribution < -0.4 is 0 Å². The van der Waals surface area contributed by atoms with Gasteiger partial charge in [0.1, 0.15) is 5.82 Å². The van der Waals surface area contributed by atoms with Gasteiger partial charge in [0, 0.05) is 6.61 Å². The van der Waals surface area contributed by atoms with E-state index in [4.69, 9.17) is 9.84 Å². The summed E-state index contributed by atoms with van der Waals surface area (Å²) in [7, 11) is -1.59. The zero-order valence-electron chi connectivity index (χ0n) is 9.31. The van der Waals surface area contributed by atoms with Crippen LogP contribution >= 0.6 is 0 Å². The van der Waals surface area contributed by atoms with Gasteiger partial charge in [0.25, 0.3) is 0 Å². The summed E-state index contributed by atoms with van der Waals surface area (Å²) < 4.78 is 30.1. The van der Waals surface area contributed by atoms with Gasteiger partial charge in [-0.15, -0.1) is 0 Å². The minimum Gasteiger partial charge on any atom is -0.478 e. The number of rotatable bonds is 6. The first kappa shape index (κ1) is 13.8. The highest BCUT2D eigenvalue weighted by molar-refractivity contribution is 7.85. The van der Waals surface area contributed by atoms with Crippen LogP contribution in [-0.2, 0) is 15.5 Å². The maximum Gasteiger partial charge on any atom is 0.335 e. The standard InChI is InChI=1S/C11H13FO4S/c1-2-16-5-6-17(15)10-7-8(11(13)14)3-4-9(10)12/h3-4,7H,2,5-6H2,1H3,(H,13,14). The Hall–Kier alpha value is -1.27. The normalized spacial score (nSPS) is 12.4. The number of carboxylic acids is 1. The quantitative estimate of drug-likeness (QED) is 0.790. The molecule has 0 amide bonds. The number of halogens is 1. The molecule has 0 aliphatic carbocycles. The van der Waals surface area contributed by atoms with Crippen LogP contribution in [-0.4, -0.2) is 34.3 Å². The van der Waals surface area contributed by atoms with Gasteiger partial charge >= 0.3 is 5.97 Å². The summed E-state index contributed by atoms with van der Waals surface area (Å²) in [6.07, 6.45) is 0. The Bertz CT molecular complexity index is 433. The van der Waals surface area contributed by atoms with Crippen molar-refractivity contribution in [2.75, 3.05) is 19.0 Å². The molecule has 0 spiro atoms. The maximum absolute atomic E-state index is 13.4. The molecule has 0 aromatic heterocycles. The highest BCUT2D eigenvalue weighted by Gasteiger charge is 2.13. The fourth-order valence-electron chi connectivity index (χ4n) is 1.20. The second-order valence-corrected chi connectivity index (χ2v) is 4.74. The van der Waals surface area contributed by atoms with Gasteiger partial charge in [0.15, 0.2) is 0 Å². The largest absolute Gasteiger partial charge is 0.478 e. The fourth-order valence-corrected chi connectivity index (χ4v) is 2.23. The van der Waals surface area contributed by atoms with Crippen molar-refractivity contribution in [3.8, 4) is 0 Å². The first-order valence-electron chi connectivity index (χ1n) is 5.05. The minimum atomic E-state index is -1.59. The van der Waals surface area contributed by atoms with E-state index in [0.29, 0.717) is 6.61 Å². The first-order valence-corrected chi connectivity index (χ1v) is 6.37. The lowest BCUT2D eigenvalue weighted by atomic mass is 10.2. The number of benzene rings is 1. The van der Waals surface area contributed by atoms with Gasteiger partial charge in [-0.3, -0.25) is 4.21 Å². The summed E-state index contributed by atoms with van der Waals surface area (Å²) in [6, 6.07) is 3.25. The fraction of sp³-hybridized carbons (Fsp3) is 0.364. The molecule has 94 valence electrons. The van der Waals surface area contributed by atoms with E-state index < -0.39 is 22.6 Å². The summed E-state index contributed by atoms with van der Waals surface area (Å²) in [5.74, 6) is -1.69. The van der Waals surface area contributed by atoms with E-state index in [-0.39, 0.29) is 22.8 Å². The number of aromatic carboxylic acids is 1. The van der Waals surface area contributed by atoms with Crippen LogP contribution in [0.15, 0.2) is 23.1 Å². The average molecular weight is 260 g/mol. The van der Waals surface area contributed by atoms with Crippen molar-refractivity contribution in [3.05, 3.63) is 29.6 Å². The van der Waals surface area contributed by atoms with E-state index in [0.717, 1.165) is 18.2 Å². The lowest BCUT2D eigenvalue weighted by Crippen LogP contribution is -2.09. The van der Waals surface area contributed by atoms with Crippen LogP contribution in [0.1, 0.15) is 17.3 Å². The molecular weight excluding hydrogens is 247 g/mol. The number of carbonyl (C=O) groups is 1. The van der Waals surface area contributed by atoms with Crippen molar-refractivity contribution in [2.24, 2.45) is 0 Å². The predicted octanol–water partition coefficient (Wildman–Crippen LogP) is 1.67. The molecule has 0 fully saturated rings. The Morgan fingerprint density at radius 3 is 2.82 bits per heavy atom. The average Bonchev–Trinajstić information content (AvgIpc) is 2.29. The van der Waals surface area contributed by atoms with Crippen molar-refractivity contribution >= 4 is 16.8 Å². The Morgan fingerprint density at radius 2 is 2.24 bits per heavy atom. The van der Waals surface area contributed by atoms with Gasteiger partial charge < -0.3 is 9.84 Å². The molecule has 0 saturated carbocycles. The van der Waals surface area contributed by atoms with E-state index in [1.54, 1.807) is 6.92 Å². The second-order valence-electron chi connectivity index (χ2n) is 3.20. The van der Waals surface area contributed by atoms with Gasteiger partial charge in [0.2, 0.25) is 0 Å². The molecule has 1 rings (SSSR count). The molecule has 0 aliphatic rings. The smallest absolute Gasteiger partial charge is 0.335 e. The highest BCUT2D eigenvalue weighted by Crippen LogP contribution is 2.15. The minimum absolute atomic E-state index is 0.0776. The third-order valence-corrected chi connectivity index (χ3v) is 3.38. The molecule has 1 aromatic rings. The van der Waals surface area contributed by atoms with Crippen LogP contribution in [0.2, 0.25) is 0 Å². The summed E-state index contributed by atoms with van der Waals surface area (Å²) in [5.41, 5.74) is -0.0776. The number of hydrogen-bond donors (Lipinski definition) is 1. The summed E-state index contributed by atoms with van der Waals surface area (Å²) in [4.78, 5) is 10.6. The number of hydrogen-bond acceptors (Lipinski definition) is 3. The van der Waals surface area contributed by atoms with Crippen molar-refractivity contribution in [3.63, 3.8) is 0 Å². The van der Waals surface area contributed by atoms with Crippen LogP contribution in [0.5, 0.6) is 0 Å². The van der Waals surface area contributed by atoms with Crippen LogP contribution in [0, 0.1) is 5.82 Å². The zero-order valence-corrected chi connectivity index (χ0v) is 10.1. The van der Waals surface area contributed by atoms with Gasteiger partial charge in [-0.2, -0.15) is 0 Å². The Labute approximate surface area is 101 Å². The summed E-state index contributed by atoms with van der Waals surface area (Å²) in [5, 5.41) is 8.75. The zero-order chi connectivity index (χ0) is 12.8. The third-order valence-electron chi connectivity index (χ3n) is 2.04. The van der Waals surface area contributed by atoms with Crippen LogP contribution in [0.3, 0.4) is 0 Å². The van der Waals surface area contributed by atoms with E-state index in [2.05, 4.69) is 0 Å². The van der Waals surface area contributed by atoms with Crippen molar-refractivity contribution in [2.45, 2.75) is 11.8 Å². The molecule has 1 unspecified atom stereocenters. The molecule has 6 heteroatoms. The van der Waals surface area contributed by atoms with Gasteiger partial charge in [-0.25, -0.2) is 9.18 Å². The lowest BCUT2D eigenvalue weighted by molar-refractivity contribution is 0.0696. The topological polar surface area (TPSA) is 63.6 Å². The first-order chi connectivity index (χ1) is 8.06. The Kier molecular flexibility index (Phi) is 5.24. The Balaban J connectivity index is 2.84. The molecule has 17 heavy (non-hydrogen) atoms. The maximum atomic E-state index is 13.4. The van der Waals surface area contributed by atoms with Gasteiger partial charge in [0.05, 0.1) is 33.6 Å². The second kappa shape index (κ2) is 6.46. The van der Waals surface area contributed by atoms with Crippen LogP contribution in [0.25, 0.3) is 0 Å².